The van der Waals surface area contributed by atoms with Gasteiger partial charge >= 0.3 is 0 Å². The molecular weight excluding hydrogens is 192 g/mol. The van der Waals surface area contributed by atoms with Crippen molar-refractivity contribution in [3.8, 4) is 12.3 Å². The number of rotatable bonds is 5. The molecule has 0 aromatic rings. The van der Waals surface area contributed by atoms with Crippen molar-refractivity contribution in [3.05, 3.63) is 0 Å². The van der Waals surface area contributed by atoms with E-state index >= 15 is 0 Å². The molecule has 3 heteroatoms. The van der Waals surface area contributed by atoms with Gasteiger partial charge in [0.1, 0.15) is 0 Å². The quantitative estimate of drug-likeness (QED) is 0.539. The minimum absolute atomic E-state index is 0.280. The van der Waals surface area contributed by atoms with E-state index in [0.717, 1.165) is 25.8 Å². The predicted molar refractivity (Wildman–Crippen MR) is 66.2 cm³/mol. The summed E-state index contributed by atoms with van der Waals surface area (Å²) in [4.78, 5) is 0. The Morgan fingerprint density at radius 1 is 1.36 bits per heavy atom. The molecule has 2 N–H and O–H groups in total. The van der Waals surface area contributed by atoms with E-state index in [9.17, 15) is 0 Å². The lowest BCUT2D eigenvalue weighted by atomic mass is 9.94. The van der Waals surface area contributed by atoms with Gasteiger partial charge in [0.2, 0.25) is 0 Å². The van der Waals surface area contributed by atoms with Crippen LogP contribution in [0.2, 0.25) is 0 Å². The first-order valence-electron chi connectivity index (χ1n) is 5.17. The van der Waals surface area contributed by atoms with E-state index in [0.29, 0.717) is 5.11 Å². The van der Waals surface area contributed by atoms with Crippen molar-refractivity contribution in [2.45, 2.75) is 45.6 Å². The maximum atomic E-state index is 5.51. The van der Waals surface area contributed by atoms with Gasteiger partial charge in [0.25, 0.3) is 0 Å². The lowest BCUT2D eigenvalue weighted by Gasteiger charge is -2.28. The molecule has 0 atom stereocenters. The molecule has 0 saturated heterocycles. The second-order valence-electron chi connectivity index (χ2n) is 3.31. The molecule has 0 aromatic carbocycles. The van der Waals surface area contributed by atoms with E-state index in [1.54, 1.807) is 0 Å². The molecule has 0 aliphatic heterocycles. The highest BCUT2D eigenvalue weighted by molar-refractivity contribution is 7.80. The van der Waals surface area contributed by atoms with Crippen LogP contribution in [-0.2, 0) is 0 Å². The Morgan fingerprint density at radius 3 is 2.29 bits per heavy atom. The third kappa shape index (κ3) is 3.97. The summed E-state index contributed by atoms with van der Waals surface area (Å²) >= 11 is 5.15. The molecule has 0 aromatic heterocycles. The Labute approximate surface area is 92.8 Å². The molecular formula is C11H20N2S. The van der Waals surface area contributed by atoms with E-state index in [2.05, 4.69) is 37.3 Å². The molecule has 2 nitrogen and oxygen atoms in total. The van der Waals surface area contributed by atoms with Crippen LogP contribution in [0.5, 0.6) is 0 Å². The van der Waals surface area contributed by atoms with Crippen molar-refractivity contribution in [3.63, 3.8) is 0 Å². The normalized spacial score (nSPS) is 10.4. The van der Waals surface area contributed by atoms with E-state index in [1.807, 2.05) is 0 Å². The maximum Gasteiger partial charge on any atom is 0.167 e. The van der Waals surface area contributed by atoms with Crippen molar-refractivity contribution in [1.82, 2.24) is 10.6 Å². The first-order valence-corrected chi connectivity index (χ1v) is 5.58. The molecule has 14 heavy (non-hydrogen) atoms. The zero-order valence-corrected chi connectivity index (χ0v) is 10.1. The summed E-state index contributed by atoms with van der Waals surface area (Å²) in [5, 5.41) is 6.97. The SMILES string of the molecule is C#CC(CC)(CC)NC(=S)NCCC. The third-order valence-electron chi connectivity index (χ3n) is 2.37. The minimum Gasteiger partial charge on any atom is -0.363 e. The fourth-order valence-electron chi connectivity index (χ4n) is 1.17. The first-order chi connectivity index (χ1) is 6.64. The molecule has 0 amide bonds. The molecule has 0 unspecified atom stereocenters. The van der Waals surface area contributed by atoms with Crippen LogP contribution in [0.3, 0.4) is 0 Å². The third-order valence-corrected chi connectivity index (χ3v) is 2.62. The summed E-state index contributed by atoms with van der Waals surface area (Å²) < 4.78 is 0. The van der Waals surface area contributed by atoms with E-state index < -0.39 is 0 Å². The summed E-state index contributed by atoms with van der Waals surface area (Å²) in [6, 6.07) is 0. The highest BCUT2D eigenvalue weighted by atomic mass is 32.1. The molecule has 0 fully saturated rings. The zero-order chi connectivity index (χ0) is 11.0. The highest BCUT2D eigenvalue weighted by Crippen LogP contribution is 2.12. The molecule has 0 bridgehead atoms. The van der Waals surface area contributed by atoms with Gasteiger partial charge in [-0.1, -0.05) is 26.7 Å². The van der Waals surface area contributed by atoms with Crippen LogP contribution < -0.4 is 10.6 Å². The van der Waals surface area contributed by atoms with Gasteiger partial charge in [-0.3, -0.25) is 0 Å². The number of terminal acetylenes is 1. The van der Waals surface area contributed by atoms with Crippen LogP contribution in [0.25, 0.3) is 0 Å². The topological polar surface area (TPSA) is 24.1 Å². The number of nitrogens with one attached hydrogen (secondary N) is 2. The van der Waals surface area contributed by atoms with Gasteiger partial charge in [-0.25, -0.2) is 0 Å². The van der Waals surface area contributed by atoms with Gasteiger partial charge in [-0.15, -0.1) is 6.42 Å². The fraction of sp³-hybridized carbons (Fsp3) is 0.727. The van der Waals surface area contributed by atoms with Gasteiger partial charge in [-0.05, 0) is 31.5 Å². The fourth-order valence-corrected chi connectivity index (χ4v) is 1.46. The van der Waals surface area contributed by atoms with Crippen LogP contribution in [-0.4, -0.2) is 17.2 Å². The molecule has 0 aliphatic rings. The van der Waals surface area contributed by atoms with E-state index in [-0.39, 0.29) is 5.54 Å². The maximum absolute atomic E-state index is 5.51. The molecule has 0 radical (unpaired) electrons. The summed E-state index contributed by atoms with van der Waals surface area (Å²) in [5.74, 6) is 2.78. The summed E-state index contributed by atoms with van der Waals surface area (Å²) in [6.45, 7) is 7.13. The Balaban J connectivity index is 4.18. The predicted octanol–water partition coefficient (Wildman–Crippen LogP) is 2.05. The lowest BCUT2D eigenvalue weighted by molar-refractivity contribution is 0.456. The van der Waals surface area contributed by atoms with Gasteiger partial charge in [0.05, 0.1) is 5.54 Å². The molecule has 0 rings (SSSR count). The van der Waals surface area contributed by atoms with Crippen LogP contribution in [0.15, 0.2) is 0 Å². The van der Waals surface area contributed by atoms with Crippen molar-refractivity contribution < 1.29 is 0 Å². The Morgan fingerprint density at radius 2 is 1.93 bits per heavy atom. The standard InChI is InChI=1S/C11H20N2S/c1-5-9-12-10(14)13-11(6-2,7-3)8-4/h2H,5,7-9H2,1,3-4H3,(H2,12,13,14). The van der Waals surface area contributed by atoms with Gasteiger partial charge < -0.3 is 10.6 Å². The van der Waals surface area contributed by atoms with E-state index in [1.165, 1.54) is 0 Å². The lowest BCUT2D eigenvalue weighted by Crippen LogP contribution is -2.50. The monoisotopic (exact) mass is 212 g/mol. The number of hydrogen-bond acceptors (Lipinski definition) is 1. The smallest absolute Gasteiger partial charge is 0.167 e. The average molecular weight is 212 g/mol. The van der Waals surface area contributed by atoms with E-state index in [4.69, 9.17) is 18.6 Å². The second-order valence-corrected chi connectivity index (χ2v) is 3.72. The van der Waals surface area contributed by atoms with Gasteiger partial charge in [0, 0.05) is 6.54 Å². The highest BCUT2D eigenvalue weighted by Gasteiger charge is 2.23. The molecule has 80 valence electrons. The summed E-state index contributed by atoms with van der Waals surface area (Å²) in [5.41, 5.74) is -0.280. The van der Waals surface area contributed by atoms with Crippen LogP contribution in [0.1, 0.15) is 40.0 Å². The van der Waals surface area contributed by atoms with Crippen molar-refractivity contribution >= 4 is 17.3 Å². The van der Waals surface area contributed by atoms with Crippen LogP contribution >= 0.6 is 12.2 Å². The summed E-state index contributed by atoms with van der Waals surface area (Å²) in [6.07, 6.45) is 8.33. The average Bonchev–Trinajstić information content (AvgIpc) is 2.23. The van der Waals surface area contributed by atoms with Crippen LogP contribution in [0, 0.1) is 12.3 Å². The van der Waals surface area contributed by atoms with Crippen molar-refractivity contribution in [2.75, 3.05) is 6.54 Å². The molecule has 0 aliphatic carbocycles. The Bertz CT molecular complexity index is 214. The molecule has 0 spiro atoms. The largest absolute Gasteiger partial charge is 0.363 e. The van der Waals surface area contributed by atoms with Crippen LogP contribution in [0.4, 0.5) is 0 Å². The summed E-state index contributed by atoms with van der Waals surface area (Å²) in [7, 11) is 0. The number of hydrogen-bond donors (Lipinski definition) is 2. The van der Waals surface area contributed by atoms with Crippen molar-refractivity contribution in [1.29, 1.82) is 0 Å². The molecule has 0 heterocycles. The van der Waals surface area contributed by atoms with Crippen molar-refractivity contribution in [2.24, 2.45) is 0 Å². The minimum atomic E-state index is -0.280. The Kier molecular flexibility index (Phi) is 6.31. The zero-order valence-electron chi connectivity index (χ0n) is 9.31. The van der Waals surface area contributed by atoms with Gasteiger partial charge in [-0.2, -0.15) is 0 Å². The first kappa shape index (κ1) is 13.2. The second kappa shape index (κ2) is 6.67. The molecule has 0 saturated carbocycles. The van der Waals surface area contributed by atoms with Gasteiger partial charge in [0.15, 0.2) is 5.11 Å². The Hall–Kier alpha value is -0.750. The number of thiocarbonyl (C=S) groups is 1.